The molecule has 0 atom stereocenters. The Kier molecular flexibility index (Phi) is 2.95. The Morgan fingerprint density at radius 3 is 2.76 bits per heavy atom. The molecule has 1 amide bonds. The van der Waals surface area contributed by atoms with Gasteiger partial charge in [0.2, 0.25) is 0 Å². The second kappa shape index (κ2) is 4.40. The molecular formula is C11H12N2O4. The molecule has 0 radical (unpaired) electrons. The minimum Gasteiger partial charge on any atom is -0.487 e. The third-order valence-electron chi connectivity index (χ3n) is 2.39. The van der Waals surface area contributed by atoms with E-state index in [-0.39, 0.29) is 23.1 Å². The molecule has 0 aliphatic heterocycles. The summed E-state index contributed by atoms with van der Waals surface area (Å²) in [5.74, 6) is -1.53. The van der Waals surface area contributed by atoms with Crippen LogP contribution in [0.4, 0.5) is 0 Å². The first-order valence-corrected chi connectivity index (χ1v) is 5.24. The van der Waals surface area contributed by atoms with Crippen molar-refractivity contribution in [2.75, 3.05) is 7.05 Å². The number of nitrogens with zero attached hydrogens (tertiary/aromatic N) is 1. The van der Waals surface area contributed by atoms with Crippen LogP contribution in [0.5, 0.6) is 5.75 Å². The van der Waals surface area contributed by atoms with Crippen molar-refractivity contribution >= 4 is 11.9 Å². The van der Waals surface area contributed by atoms with Gasteiger partial charge in [0.15, 0.2) is 11.4 Å². The number of hydrogen-bond acceptors (Lipinski definition) is 4. The lowest BCUT2D eigenvalue weighted by atomic mass is 10.2. The second-order valence-corrected chi connectivity index (χ2v) is 3.74. The zero-order valence-corrected chi connectivity index (χ0v) is 9.27. The van der Waals surface area contributed by atoms with Crippen molar-refractivity contribution in [2.24, 2.45) is 0 Å². The molecule has 0 saturated heterocycles. The van der Waals surface area contributed by atoms with Gasteiger partial charge in [-0.05, 0) is 18.9 Å². The maximum atomic E-state index is 11.6. The van der Waals surface area contributed by atoms with E-state index in [1.54, 1.807) is 0 Å². The smallest absolute Gasteiger partial charge is 0.339 e. The average Bonchev–Trinajstić information content (AvgIpc) is 3.12. The normalized spacial score (nSPS) is 14.2. The Hall–Kier alpha value is -2.11. The Labute approximate surface area is 97.6 Å². The second-order valence-electron chi connectivity index (χ2n) is 3.74. The van der Waals surface area contributed by atoms with E-state index in [9.17, 15) is 9.59 Å². The van der Waals surface area contributed by atoms with Gasteiger partial charge in [0.25, 0.3) is 5.91 Å². The number of amides is 1. The van der Waals surface area contributed by atoms with E-state index in [0.717, 1.165) is 12.8 Å². The highest BCUT2D eigenvalue weighted by Crippen LogP contribution is 2.31. The number of aromatic carboxylic acids is 1. The predicted octanol–water partition coefficient (Wildman–Crippen LogP) is 0.681. The molecule has 1 aliphatic rings. The molecule has 6 nitrogen and oxygen atoms in total. The fourth-order valence-corrected chi connectivity index (χ4v) is 1.37. The average molecular weight is 236 g/mol. The van der Waals surface area contributed by atoms with Crippen LogP contribution in [-0.4, -0.2) is 35.1 Å². The molecule has 0 spiro atoms. The third kappa shape index (κ3) is 2.35. The Morgan fingerprint density at radius 1 is 1.53 bits per heavy atom. The summed E-state index contributed by atoms with van der Waals surface area (Å²) >= 11 is 0. The van der Waals surface area contributed by atoms with Gasteiger partial charge in [0, 0.05) is 13.2 Å². The number of carboxylic acids is 1. The third-order valence-corrected chi connectivity index (χ3v) is 2.39. The topological polar surface area (TPSA) is 88.5 Å². The molecule has 1 fully saturated rings. The van der Waals surface area contributed by atoms with E-state index >= 15 is 0 Å². The summed E-state index contributed by atoms with van der Waals surface area (Å²) in [6.45, 7) is 0. The van der Waals surface area contributed by atoms with Crippen molar-refractivity contribution in [1.82, 2.24) is 10.3 Å². The first kappa shape index (κ1) is 11.4. The molecule has 0 aromatic carbocycles. The van der Waals surface area contributed by atoms with E-state index in [1.807, 2.05) is 0 Å². The van der Waals surface area contributed by atoms with Crippen molar-refractivity contribution in [2.45, 2.75) is 18.9 Å². The van der Waals surface area contributed by atoms with Crippen LogP contribution in [-0.2, 0) is 0 Å². The van der Waals surface area contributed by atoms with Gasteiger partial charge in [-0.2, -0.15) is 0 Å². The van der Waals surface area contributed by atoms with E-state index in [4.69, 9.17) is 9.84 Å². The fraction of sp³-hybridized carbons (Fsp3) is 0.364. The van der Waals surface area contributed by atoms with Crippen LogP contribution in [0.25, 0.3) is 0 Å². The maximum Gasteiger partial charge on any atom is 0.339 e. The van der Waals surface area contributed by atoms with E-state index in [1.165, 1.54) is 19.3 Å². The standard InChI is InChI=1S/C11H12N2O4/c1-12-10(14)8-9(17-6-2-3-6)7(11(15)16)4-5-13-8/h4-6H,2-3H2,1H3,(H,12,14)(H,15,16). The summed E-state index contributed by atoms with van der Waals surface area (Å²) < 4.78 is 5.47. The highest BCUT2D eigenvalue weighted by molar-refractivity contribution is 6.00. The number of rotatable bonds is 4. The molecule has 17 heavy (non-hydrogen) atoms. The van der Waals surface area contributed by atoms with Crippen LogP contribution >= 0.6 is 0 Å². The van der Waals surface area contributed by atoms with Gasteiger partial charge in [-0.25, -0.2) is 9.78 Å². The molecule has 0 bridgehead atoms. The van der Waals surface area contributed by atoms with Crippen LogP contribution in [0.15, 0.2) is 12.3 Å². The lowest BCUT2D eigenvalue weighted by Crippen LogP contribution is -2.22. The van der Waals surface area contributed by atoms with Gasteiger partial charge in [-0.3, -0.25) is 4.79 Å². The Balaban J connectivity index is 2.45. The Bertz CT molecular complexity index is 469. The molecule has 1 aromatic heterocycles. The SMILES string of the molecule is CNC(=O)c1nccc(C(=O)O)c1OC1CC1. The largest absolute Gasteiger partial charge is 0.487 e. The van der Waals surface area contributed by atoms with Gasteiger partial charge in [-0.1, -0.05) is 0 Å². The maximum absolute atomic E-state index is 11.6. The molecule has 1 aromatic rings. The quantitative estimate of drug-likeness (QED) is 0.802. The van der Waals surface area contributed by atoms with E-state index in [2.05, 4.69) is 10.3 Å². The van der Waals surface area contributed by atoms with Crippen molar-refractivity contribution < 1.29 is 19.4 Å². The van der Waals surface area contributed by atoms with Crippen LogP contribution in [0, 0.1) is 0 Å². The molecule has 90 valence electrons. The summed E-state index contributed by atoms with van der Waals surface area (Å²) in [6, 6.07) is 1.33. The van der Waals surface area contributed by atoms with Gasteiger partial charge < -0.3 is 15.2 Å². The summed E-state index contributed by atoms with van der Waals surface area (Å²) in [4.78, 5) is 26.5. The zero-order chi connectivity index (χ0) is 12.4. The van der Waals surface area contributed by atoms with Gasteiger partial charge >= 0.3 is 5.97 Å². The van der Waals surface area contributed by atoms with Gasteiger partial charge in [0.1, 0.15) is 5.56 Å². The highest BCUT2D eigenvalue weighted by atomic mass is 16.5. The zero-order valence-electron chi connectivity index (χ0n) is 9.27. The molecule has 2 N–H and O–H groups in total. The van der Waals surface area contributed by atoms with Crippen LogP contribution in [0.3, 0.4) is 0 Å². The minimum absolute atomic E-state index is 0.000654. The molecular weight excluding hydrogens is 224 g/mol. The predicted molar refractivity (Wildman–Crippen MR) is 58.2 cm³/mol. The number of carbonyl (C=O) groups excluding carboxylic acids is 1. The first-order chi connectivity index (χ1) is 8.13. The van der Waals surface area contributed by atoms with Crippen LogP contribution in [0.1, 0.15) is 33.7 Å². The molecule has 6 heteroatoms. The minimum atomic E-state index is -1.13. The number of hydrogen-bond donors (Lipinski definition) is 2. The number of carboxylic acid groups (broad SMARTS) is 1. The van der Waals surface area contributed by atoms with Crippen molar-refractivity contribution in [3.05, 3.63) is 23.5 Å². The van der Waals surface area contributed by atoms with Crippen molar-refractivity contribution in [3.8, 4) is 5.75 Å². The number of ether oxygens (including phenoxy) is 1. The lowest BCUT2D eigenvalue weighted by Gasteiger charge is -2.11. The number of carbonyl (C=O) groups is 2. The molecule has 0 unspecified atom stereocenters. The summed E-state index contributed by atoms with van der Waals surface area (Å²) in [5.41, 5.74) is -0.0233. The molecule has 1 saturated carbocycles. The van der Waals surface area contributed by atoms with Crippen LogP contribution < -0.4 is 10.1 Å². The summed E-state index contributed by atoms with van der Waals surface area (Å²) in [6.07, 6.45) is 3.04. The first-order valence-electron chi connectivity index (χ1n) is 5.24. The van der Waals surface area contributed by atoms with E-state index in [0.29, 0.717) is 0 Å². The highest BCUT2D eigenvalue weighted by Gasteiger charge is 2.29. The van der Waals surface area contributed by atoms with E-state index < -0.39 is 11.9 Å². The van der Waals surface area contributed by atoms with Crippen LogP contribution in [0.2, 0.25) is 0 Å². The van der Waals surface area contributed by atoms with Gasteiger partial charge in [-0.15, -0.1) is 0 Å². The summed E-state index contributed by atoms with van der Waals surface area (Å²) in [7, 11) is 1.46. The Morgan fingerprint density at radius 2 is 2.24 bits per heavy atom. The lowest BCUT2D eigenvalue weighted by molar-refractivity contribution is 0.0691. The van der Waals surface area contributed by atoms with Crippen molar-refractivity contribution in [3.63, 3.8) is 0 Å². The molecule has 1 aliphatic carbocycles. The molecule has 1 heterocycles. The fourth-order valence-electron chi connectivity index (χ4n) is 1.37. The number of pyridine rings is 1. The summed E-state index contributed by atoms with van der Waals surface area (Å²) in [5, 5.41) is 11.4. The van der Waals surface area contributed by atoms with Gasteiger partial charge in [0.05, 0.1) is 6.10 Å². The van der Waals surface area contributed by atoms with Crippen molar-refractivity contribution in [1.29, 1.82) is 0 Å². The molecule has 2 rings (SSSR count). The monoisotopic (exact) mass is 236 g/mol. The number of aromatic nitrogens is 1. The number of nitrogens with one attached hydrogen (secondary N) is 1.